The Morgan fingerprint density at radius 3 is 2.73 bits per heavy atom. The Bertz CT molecular complexity index is 929. The highest BCUT2D eigenvalue weighted by Crippen LogP contribution is 2.26. The molecule has 0 amide bonds. The molecule has 4 aromatic rings. The molecule has 1 N–H and O–H groups in total. The fourth-order valence-corrected chi connectivity index (χ4v) is 3.29. The highest BCUT2D eigenvalue weighted by Gasteiger charge is 2.08. The average Bonchev–Trinajstić information content (AvgIpc) is 3.15. The highest BCUT2D eigenvalue weighted by molar-refractivity contribution is 5.84. The van der Waals surface area contributed by atoms with Gasteiger partial charge in [0.05, 0.1) is 6.26 Å². The smallest absolute Gasteiger partial charge is 0.137 e. The minimum Gasteiger partial charge on any atom is -0.464 e. The number of aryl methyl sites for hydroxylation is 3. The molecular weight excluding hydrogens is 270 g/mol. The normalized spacial score (nSPS) is 11.5. The summed E-state index contributed by atoms with van der Waals surface area (Å²) in [6.45, 7) is 2.10. The van der Waals surface area contributed by atoms with Crippen LogP contribution in [0.4, 0.5) is 0 Å². The SMILES string of the molecule is Cc1cccc2c(CCCc3cccc4[nH]ccc34)coc12. The molecule has 0 aliphatic rings. The number of benzene rings is 2. The Hall–Kier alpha value is -2.48. The molecule has 0 saturated heterocycles. The lowest BCUT2D eigenvalue weighted by atomic mass is 10.0. The molecule has 0 bridgehead atoms. The van der Waals surface area contributed by atoms with Crippen LogP contribution in [0, 0.1) is 6.92 Å². The third kappa shape index (κ3) is 2.21. The maximum Gasteiger partial charge on any atom is 0.137 e. The highest BCUT2D eigenvalue weighted by atomic mass is 16.3. The van der Waals surface area contributed by atoms with E-state index in [9.17, 15) is 0 Å². The fourth-order valence-electron chi connectivity index (χ4n) is 3.29. The van der Waals surface area contributed by atoms with Gasteiger partial charge in [-0.25, -0.2) is 0 Å². The van der Waals surface area contributed by atoms with Crippen molar-refractivity contribution in [2.24, 2.45) is 0 Å². The maximum atomic E-state index is 5.74. The van der Waals surface area contributed by atoms with E-state index in [0.717, 1.165) is 24.8 Å². The molecule has 4 rings (SSSR count). The van der Waals surface area contributed by atoms with E-state index < -0.39 is 0 Å². The predicted molar refractivity (Wildman–Crippen MR) is 91.3 cm³/mol. The molecule has 22 heavy (non-hydrogen) atoms. The van der Waals surface area contributed by atoms with Crippen LogP contribution in [0.25, 0.3) is 21.9 Å². The summed E-state index contributed by atoms with van der Waals surface area (Å²) in [5.41, 5.74) is 6.20. The van der Waals surface area contributed by atoms with E-state index in [2.05, 4.69) is 54.4 Å². The number of aromatic nitrogens is 1. The van der Waals surface area contributed by atoms with Gasteiger partial charge in [-0.1, -0.05) is 30.3 Å². The molecular formula is C20H19NO. The van der Waals surface area contributed by atoms with Crippen LogP contribution in [-0.2, 0) is 12.8 Å². The Labute approximate surface area is 129 Å². The van der Waals surface area contributed by atoms with Gasteiger partial charge in [0, 0.05) is 22.5 Å². The van der Waals surface area contributed by atoms with Crippen LogP contribution >= 0.6 is 0 Å². The lowest BCUT2D eigenvalue weighted by molar-refractivity contribution is 0.606. The quantitative estimate of drug-likeness (QED) is 0.535. The Morgan fingerprint density at radius 2 is 1.77 bits per heavy atom. The largest absolute Gasteiger partial charge is 0.464 e. The van der Waals surface area contributed by atoms with Crippen LogP contribution in [0.2, 0.25) is 0 Å². The van der Waals surface area contributed by atoms with Gasteiger partial charge in [-0.3, -0.25) is 0 Å². The van der Waals surface area contributed by atoms with Crippen molar-refractivity contribution in [3.8, 4) is 0 Å². The maximum absolute atomic E-state index is 5.74. The number of para-hydroxylation sites is 1. The van der Waals surface area contributed by atoms with Crippen LogP contribution < -0.4 is 0 Å². The standard InChI is InChI=1S/C20H19NO/c1-14-5-2-9-18-16(13-22-20(14)18)8-3-6-15-7-4-10-19-17(15)11-12-21-19/h2,4-5,7,9-13,21H,3,6,8H2,1H3. The van der Waals surface area contributed by atoms with E-state index in [1.165, 1.54) is 33.0 Å². The zero-order chi connectivity index (χ0) is 14.9. The first kappa shape index (κ1) is 13.2. The number of hydrogen-bond donors (Lipinski definition) is 1. The molecule has 0 aliphatic carbocycles. The van der Waals surface area contributed by atoms with Crippen LogP contribution in [0.1, 0.15) is 23.1 Å². The summed E-state index contributed by atoms with van der Waals surface area (Å²) >= 11 is 0. The second-order valence-corrected chi connectivity index (χ2v) is 5.92. The van der Waals surface area contributed by atoms with E-state index in [0.29, 0.717) is 0 Å². The molecule has 2 aromatic carbocycles. The molecule has 0 fully saturated rings. The first-order valence-corrected chi connectivity index (χ1v) is 7.83. The summed E-state index contributed by atoms with van der Waals surface area (Å²) in [6, 6.07) is 15.0. The number of aromatic amines is 1. The summed E-state index contributed by atoms with van der Waals surface area (Å²) in [7, 11) is 0. The zero-order valence-corrected chi connectivity index (χ0v) is 12.7. The molecule has 2 heterocycles. The molecule has 0 aliphatic heterocycles. The topological polar surface area (TPSA) is 28.9 Å². The van der Waals surface area contributed by atoms with Gasteiger partial charge in [-0.15, -0.1) is 0 Å². The minimum absolute atomic E-state index is 1.03. The van der Waals surface area contributed by atoms with Gasteiger partial charge in [-0.05, 0) is 55.0 Å². The van der Waals surface area contributed by atoms with Crippen molar-refractivity contribution in [3.63, 3.8) is 0 Å². The predicted octanol–water partition coefficient (Wildman–Crippen LogP) is 5.40. The van der Waals surface area contributed by atoms with Gasteiger partial charge in [0.1, 0.15) is 5.58 Å². The van der Waals surface area contributed by atoms with Crippen molar-refractivity contribution in [1.29, 1.82) is 0 Å². The minimum atomic E-state index is 1.03. The first-order valence-electron chi connectivity index (χ1n) is 7.83. The third-order valence-corrected chi connectivity index (χ3v) is 4.45. The first-order chi connectivity index (χ1) is 10.8. The number of hydrogen-bond acceptors (Lipinski definition) is 1. The lowest BCUT2D eigenvalue weighted by Crippen LogP contribution is -1.90. The van der Waals surface area contributed by atoms with Crippen molar-refractivity contribution >= 4 is 21.9 Å². The molecule has 0 radical (unpaired) electrons. The van der Waals surface area contributed by atoms with Gasteiger partial charge < -0.3 is 9.40 Å². The van der Waals surface area contributed by atoms with Crippen molar-refractivity contribution in [2.45, 2.75) is 26.2 Å². The van der Waals surface area contributed by atoms with E-state index in [1.807, 2.05) is 12.5 Å². The van der Waals surface area contributed by atoms with Crippen LogP contribution in [0.3, 0.4) is 0 Å². The zero-order valence-electron chi connectivity index (χ0n) is 12.7. The summed E-state index contributed by atoms with van der Waals surface area (Å²) in [5, 5.41) is 2.61. The number of rotatable bonds is 4. The monoisotopic (exact) mass is 289 g/mol. The van der Waals surface area contributed by atoms with E-state index >= 15 is 0 Å². The molecule has 2 aromatic heterocycles. The number of H-pyrrole nitrogens is 1. The molecule has 2 heteroatoms. The molecule has 0 atom stereocenters. The van der Waals surface area contributed by atoms with Gasteiger partial charge in [0.15, 0.2) is 0 Å². The van der Waals surface area contributed by atoms with E-state index in [-0.39, 0.29) is 0 Å². The van der Waals surface area contributed by atoms with Crippen molar-refractivity contribution < 1.29 is 4.42 Å². The number of furan rings is 1. The Kier molecular flexibility index (Phi) is 3.23. The summed E-state index contributed by atoms with van der Waals surface area (Å²) in [6.07, 6.45) is 7.22. The molecule has 2 nitrogen and oxygen atoms in total. The van der Waals surface area contributed by atoms with E-state index in [4.69, 9.17) is 4.42 Å². The summed E-state index contributed by atoms with van der Waals surface area (Å²) in [4.78, 5) is 3.28. The fraction of sp³-hybridized carbons (Fsp3) is 0.200. The average molecular weight is 289 g/mol. The van der Waals surface area contributed by atoms with Crippen molar-refractivity contribution in [3.05, 3.63) is 71.6 Å². The summed E-state index contributed by atoms with van der Waals surface area (Å²) in [5.74, 6) is 0. The second-order valence-electron chi connectivity index (χ2n) is 5.92. The van der Waals surface area contributed by atoms with E-state index in [1.54, 1.807) is 0 Å². The Morgan fingerprint density at radius 1 is 0.909 bits per heavy atom. The molecule has 0 saturated carbocycles. The van der Waals surface area contributed by atoms with Gasteiger partial charge >= 0.3 is 0 Å². The van der Waals surface area contributed by atoms with Crippen molar-refractivity contribution in [1.82, 2.24) is 4.98 Å². The number of fused-ring (bicyclic) bond motifs is 2. The number of nitrogens with one attached hydrogen (secondary N) is 1. The van der Waals surface area contributed by atoms with Crippen LogP contribution in [0.15, 0.2) is 59.3 Å². The Balaban J connectivity index is 1.53. The van der Waals surface area contributed by atoms with Gasteiger partial charge in [0.25, 0.3) is 0 Å². The third-order valence-electron chi connectivity index (χ3n) is 4.45. The van der Waals surface area contributed by atoms with Crippen LogP contribution in [-0.4, -0.2) is 4.98 Å². The van der Waals surface area contributed by atoms with Gasteiger partial charge in [0.2, 0.25) is 0 Å². The molecule has 110 valence electrons. The summed E-state index contributed by atoms with van der Waals surface area (Å²) < 4.78 is 5.74. The lowest BCUT2D eigenvalue weighted by Gasteiger charge is -2.03. The molecule has 0 spiro atoms. The van der Waals surface area contributed by atoms with Crippen molar-refractivity contribution in [2.75, 3.05) is 0 Å². The van der Waals surface area contributed by atoms with Crippen LogP contribution in [0.5, 0.6) is 0 Å². The van der Waals surface area contributed by atoms with Gasteiger partial charge in [-0.2, -0.15) is 0 Å². The second kappa shape index (κ2) is 5.38. The molecule has 0 unspecified atom stereocenters.